The molecule has 0 saturated carbocycles. The molecule has 0 radical (unpaired) electrons. The average Bonchev–Trinajstić information content (AvgIpc) is 2.54. The number of amides is 1. The van der Waals surface area contributed by atoms with Gasteiger partial charge in [0.25, 0.3) is 0 Å². The van der Waals surface area contributed by atoms with Gasteiger partial charge in [0, 0.05) is 17.1 Å². The molecule has 1 heterocycles. The molecule has 0 aliphatic rings. The molecule has 0 aromatic carbocycles. The van der Waals surface area contributed by atoms with Crippen molar-refractivity contribution < 1.29 is 33.2 Å². The normalized spacial score (nSPS) is 10.8. The molecule has 0 spiro atoms. The van der Waals surface area contributed by atoms with Crippen molar-refractivity contribution in [3.05, 3.63) is 43.6 Å². The summed E-state index contributed by atoms with van der Waals surface area (Å²) in [5.41, 5.74) is 0. The maximum Gasteiger partial charge on any atom is 1.00 e. The SMILES string of the molecule is [CH2-]CC(=O)Nc1cc(Br)ccn1.[CH2-]CN(C)C([CH2-])CC(=O)OC.[Li+]. The van der Waals surface area contributed by atoms with Crippen molar-refractivity contribution in [2.75, 3.05) is 26.0 Å². The number of rotatable bonds is 6. The van der Waals surface area contributed by atoms with Crippen LogP contribution in [-0.4, -0.2) is 48.5 Å². The van der Waals surface area contributed by atoms with Gasteiger partial charge in [-0.3, -0.25) is 9.59 Å². The zero-order chi connectivity index (χ0) is 17.8. The van der Waals surface area contributed by atoms with Gasteiger partial charge in [-0.2, -0.15) is 0 Å². The number of pyridine rings is 1. The van der Waals surface area contributed by atoms with Crippen LogP contribution in [0.25, 0.3) is 0 Å². The van der Waals surface area contributed by atoms with Gasteiger partial charge in [-0.25, -0.2) is 4.98 Å². The Balaban J connectivity index is 0. The Kier molecular flexibility index (Phi) is 15.3. The predicted molar refractivity (Wildman–Crippen MR) is 94.3 cm³/mol. The number of anilines is 1. The van der Waals surface area contributed by atoms with Crippen LogP contribution in [0.15, 0.2) is 22.8 Å². The average molecular weight is 392 g/mol. The summed E-state index contributed by atoms with van der Waals surface area (Å²) in [6, 6.07) is 3.48. The van der Waals surface area contributed by atoms with Gasteiger partial charge in [0.2, 0.25) is 0 Å². The van der Waals surface area contributed by atoms with Crippen molar-refractivity contribution in [3.63, 3.8) is 0 Å². The summed E-state index contributed by atoms with van der Waals surface area (Å²) in [5.74, 6) is 0.170. The zero-order valence-corrected chi connectivity index (χ0v) is 16.1. The maximum atomic E-state index is 10.9. The summed E-state index contributed by atoms with van der Waals surface area (Å²) in [6.07, 6.45) is 2.15. The van der Waals surface area contributed by atoms with E-state index in [1.165, 1.54) is 7.11 Å². The van der Waals surface area contributed by atoms with Crippen molar-refractivity contribution in [1.29, 1.82) is 0 Å². The summed E-state index contributed by atoms with van der Waals surface area (Å²) >= 11 is 3.27. The van der Waals surface area contributed by atoms with E-state index in [4.69, 9.17) is 0 Å². The minimum absolute atomic E-state index is 0. The van der Waals surface area contributed by atoms with Gasteiger partial charge < -0.3 is 35.7 Å². The molecular weight excluding hydrogens is 369 g/mol. The molecule has 1 amide bonds. The Labute approximate surface area is 165 Å². The second kappa shape index (κ2) is 14.5. The molecule has 1 N–H and O–H groups in total. The van der Waals surface area contributed by atoms with Gasteiger partial charge in [-0.05, 0) is 19.2 Å². The van der Waals surface area contributed by atoms with Crippen LogP contribution in [-0.2, 0) is 14.3 Å². The van der Waals surface area contributed by atoms with Crippen LogP contribution in [0, 0.1) is 20.8 Å². The molecule has 0 saturated heterocycles. The van der Waals surface area contributed by atoms with Crippen LogP contribution in [0.5, 0.6) is 0 Å². The zero-order valence-electron chi connectivity index (χ0n) is 14.5. The standard InChI is InChI=1S/C8H8BrN2O.C8H15NO2.Li/c1-2-8(12)11-7-5-6(9)3-4-10-7;1-5-9(3)7(2)6-8(10)11-4;/h3-5H,1-2H2,(H,10,11,12);7H,1-2,5-6H2,3-4H3;/q-1;-2;+1. The molecule has 1 aromatic rings. The van der Waals surface area contributed by atoms with Crippen LogP contribution in [0.3, 0.4) is 0 Å². The Bertz CT molecular complexity index is 503. The van der Waals surface area contributed by atoms with E-state index in [1.54, 1.807) is 18.3 Å². The molecule has 6 nitrogen and oxygen atoms in total. The minimum Gasteiger partial charge on any atom is -0.469 e. The number of esters is 1. The van der Waals surface area contributed by atoms with Crippen molar-refractivity contribution >= 4 is 33.6 Å². The molecule has 1 atom stereocenters. The van der Waals surface area contributed by atoms with Crippen molar-refractivity contribution in [2.24, 2.45) is 0 Å². The van der Waals surface area contributed by atoms with E-state index in [0.29, 0.717) is 18.8 Å². The first-order chi connectivity index (χ1) is 10.8. The summed E-state index contributed by atoms with van der Waals surface area (Å²) in [5, 5.41) is 2.59. The van der Waals surface area contributed by atoms with Crippen molar-refractivity contribution in [3.8, 4) is 0 Å². The smallest absolute Gasteiger partial charge is 0.469 e. The van der Waals surface area contributed by atoms with Crippen LogP contribution >= 0.6 is 15.9 Å². The fourth-order valence-electron chi connectivity index (χ4n) is 1.29. The van der Waals surface area contributed by atoms with Gasteiger partial charge in [-0.15, -0.1) is 19.0 Å². The summed E-state index contributed by atoms with van der Waals surface area (Å²) < 4.78 is 5.38. The molecule has 0 aliphatic heterocycles. The largest absolute Gasteiger partial charge is 1.00 e. The number of hydrogen-bond donors (Lipinski definition) is 1. The van der Waals surface area contributed by atoms with E-state index in [2.05, 4.69) is 51.7 Å². The number of carbonyl (C=O) groups is 2. The number of ether oxygens (including phenoxy) is 1. The molecule has 1 unspecified atom stereocenters. The first-order valence-corrected chi connectivity index (χ1v) is 7.73. The number of aromatic nitrogens is 1. The van der Waals surface area contributed by atoms with Crippen molar-refractivity contribution in [1.82, 2.24) is 9.88 Å². The predicted octanol–water partition coefficient (Wildman–Crippen LogP) is -0.471. The Morgan fingerprint density at radius 2 is 2.08 bits per heavy atom. The van der Waals surface area contributed by atoms with E-state index < -0.39 is 0 Å². The molecule has 0 aliphatic carbocycles. The number of nitrogens with zero attached hydrogens (tertiary/aromatic N) is 2. The Morgan fingerprint density at radius 3 is 2.54 bits per heavy atom. The summed E-state index contributed by atoms with van der Waals surface area (Å²) in [4.78, 5) is 27.4. The van der Waals surface area contributed by atoms with Gasteiger partial charge in [0.15, 0.2) is 5.91 Å². The molecule has 8 heteroatoms. The second-order valence-electron chi connectivity index (χ2n) is 4.57. The Hall–Kier alpha value is -0.873. The number of halogens is 1. The molecule has 24 heavy (non-hydrogen) atoms. The molecule has 1 aromatic heterocycles. The summed E-state index contributed by atoms with van der Waals surface area (Å²) in [7, 11) is 3.24. The third-order valence-electron chi connectivity index (χ3n) is 2.82. The number of nitrogens with one attached hydrogen (secondary N) is 1. The van der Waals surface area contributed by atoms with E-state index in [9.17, 15) is 9.59 Å². The molecule has 0 bridgehead atoms. The monoisotopic (exact) mass is 391 g/mol. The number of hydrogen-bond acceptors (Lipinski definition) is 5. The fourth-order valence-corrected chi connectivity index (χ4v) is 1.63. The second-order valence-corrected chi connectivity index (χ2v) is 5.49. The first kappa shape index (κ1) is 25.4. The van der Waals surface area contributed by atoms with Crippen LogP contribution in [0.4, 0.5) is 5.82 Å². The summed E-state index contributed by atoms with van der Waals surface area (Å²) in [6.45, 7) is 11.6. The van der Waals surface area contributed by atoms with Gasteiger partial charge in [0.1, 0.15) is 5.82 Å². The quantitative estimate of drug-likeness (QED) is 0.403. The third-order valence-corrected chi connectivity index (χ3v) is 3.32. The number of carbonyl (C=O) groups excluding carboxylic acids is 2. The maximum absolute atomic E-state index is 10.9. The topological polar surface area (TPSA) is 71.5 Å². The Morgan fingerprint density at radius 1 is 1.46 bits per heavy atom. The van der Waals surface area contributed by atoms with Crippen LogP contribution < -0.4 is 24.2 Å². The van der Waals surface area contributed by atoms with E-state index in [0.717, 1.165) is 4.47 Å². The number of methoxy groups -OCH3 is 1. The molecule has 130 valence electrons. The van der Waals surface area contributed by atoms with E-state index in [-0.39, 0.29) is 43.2 Å². The van der Waals surface area contributed by atoms with Crippen molar-refractivity contribution in [2.45, 2.75) is 18.9 Å². The van der Waals surface area contributed by atoms with Gasteiger partial charge >= 0.3 is 24.8 Å². The molecule has 0 fully saturated rings. The first-order valence-electron chi connectivity index (χ1n) is 6.94. The van der Waals surface area contributed by atoms with Crippen LogP contribution in [0.2, 0.25) is 0 Å². The van der Waals surface area contributed by atoms with E-state index >= 15 is 0 Å². The van der Waals surface area contributed by atoms with E-state index in [1.807, 2.05) is 11.9 Å². The van der Waals surface area contributed by atoms with Gasteiger partial charge in [-0.1, -0.05) is 15.9 Å². The van der Waals surface area contributed by atoms with Gasteiger partial charge in [0.05, 0.1) is 7.11 Å². The third kappa shape index (κ3) is 11.6. The minimum atomic E-state index is -0.231. The molecule has 1 rings (SSSR count). The molecular formula is C16H23BrLiN3O3-2. The fraction of sp³-hybridized carbons (Fsp3) is 0.375. The van der Waals surface area contributed by atoms with Crippen LogP contribution in [0.1, 0.15) is 12.8 Å².